The minimum absolute atomic E-state index is 0.0675. The highest BCUT2D eigenvalue weighted by atomic mass is 16.2. The topological polar surface area (TPSA) is 23.6 Å². The van der Waals surface area contributed by atoms with Crippen LogP contribution in [0.25, 0.3) is 0 Å². The van der Waals surface area contributed by atoms with E-state index in [-0.39, 0.29) is 5.41 Å². The number of amides is 1. The second-order valence-electron chi connectivity index (χ2n) is 8.47. The molecule has 2 fully saturated rings. The van der Waals surface area contributed by atoms with Crippen molar-refractivity contribution in [1.29, 1.82) is 0 Å². The minimum atomic E-state index is 0.0675. The van der Waals surface area contributed by atoms with Crippen LogP contribution >= 0.6 is 0 Å². The lowest BCUT2D eigenvalue weighted by Crippen LogP contribution is -2.42. The molecule has 3 heterocycles. The van der Waals surface area contributed by atoms with E-state index in [0.29, 0.717) is 23.9 Å². The number of rotatable bonds is 2. The summed E-state index contributed by atoms with van der Waals surface area (Å²) in [4.78, 5) is 17.6. The van der Waals surface area contributed by atoms with E-state index in [0.717, 1.165) is 18.7 Å². The molecule has 0 N–H and O–H groups in total. The fraction of sp³-hybridized carbons (Fsp3) is 0.650. The zero-order chi connectivity index (χ0) is 16.2. The number of nitrogens with zero attached hydrogens (tertiary/aromatic N) is 2. The van der Waals surface area contributed by atoms with E-state index in [1.54, 1.807) is 0 Å². The molecule has 3 aliphatic rings. The highest BCUT2D eigenvalue weighted by Gasteiger charge is 2.41. The number of hydrogen-bond donors (Lipinski definition) is 0. The summed E-state index contributed by atoms with van der Waals surface area (Å²) in [5.41, 5.74) is 2.52. The van der Waals surface area contributed by atoms with Gasteiger partial charge in [0.05, 0.1) is 0 Å². The number of carbonyl (C=O) groups excluding carboxylic acids is 1. The summed E-state index contributed by atoms with van der Waals surface area (Å²) in [5, 5.41) is 0. The monoisotopic (exact) mass is 312 g/mol. The van der Waals surface area contributed by atoms with Crippen molar-refractivity contribution >= 4 is 11.6 Å². The zero-order valence-electron chi connectivity index (χ0n) is 14.6. The number of benzene rings is 1. The first-order chi connectivity index (χ1) is 11.0. The third kappa shape index (κ3) is 2.50. The van der Waals surface area contributed by atoms with E-state index in [4.69, 9.17) is 0 Å². The van der Waals surface area contributed by atoms with Gasteiger partial charge in [-0.25, -0.2) is 0 Å². The molecule has 3 nitrogen and oxygen atoms in total. The van der Waals surface area contributed by atoms with Gasteiger partial charge in [-0.15, -0.1) is 0 Å². The van der Waals surface area contributed by atoms with Gasteiger partial charge in [0.15, 0.2) is 0 Å². The van der Waals surface area contributed by atoms with Crippen molar-refractivity contribution < 1.29 is 4.79 Å². The summed E-state index contributed by atoms with van der Waals surface area (Å²) >= 11 is 0. The smallest absolute Gasteiger partial charge is 0.227 e. The Morgan fingerprint density at radius 1 is 1.17 bits per heavy atom. The van der Waals surface area contributed by atoms with Crippen LogP contribution < -0.4 is 4.90 Å². The molecule has 0 spiro atoms. The highest BCUT2D eigenvalue weighted by molar-refractivity contribution is 5.96. The molecule has 4 rings (SSSR count). The number of carbonyl (C=O) groups is 1. The Hall–Kier alpha value is -1.35. The van der Waals surface area contributed by atoms with Crippen molar-refractivity contribution in [3.63, 3.8) is 0 Å². The van der Waals surface area contributed by atoms with Gasteiger partial charge in [0.1, 0.15) is 0 Å². The van der Waals surface area contributed by atoms with Crippen molar-refractivity contribution in [3.8, 4) is 0 Å². The summed E-state index contributed by atoms with van der Waals surface area (Å²) in [6, 6.07) is 9.86. The Bertz CT molecular complexity index is 610. The molecule has 23 heavy (non-hydrogen) atoms. The molecule has 1 amide bonds. The van der Waals surface area contributed by atoms with Crippen LogP contribution in [0.15, 0.2) is 24.3 Å². The molecular weight excluding hydrogens is 284 g/mol. The van der Waals surface area contributed by atoms with Crippen LogP contribution in [-0.2, 0) is 10.2 Å². The molecule has 2 unspecified atom stereocenters. The van der Waals surface area contributed by atoms with Gasteiger partial charge in [-0.3, -0.25) is 4.79 Å². The number of fused-ring (bicyclic) bond motifs is 3. The van der Waals surface area contributed by atoms with Gasteiger partial charge < -0.3 is 9.80 Å². The van der Waals surface area contributed by atoms with Gasteiger partial charge in [0.2, 0.25) is 5.91 Å². The first kappa shape index (κ1) is 15.2. The Morgan fingerprint density at radius 2 is 1.83 bits per heavy atom. The highest BCUT2D eigenvalue weighted by Crippen LogP contribution is 2.42. The Kier molecular flexibility index (Phi) is 3.53. The molecule has 3 aliphatic heterocycles. The summed E-state index contributed by atoms with van der Waals surface area (Å²) in [5.74, 6) is 0.907. The summed E-state index contributed by atoms with van der Waals surface area (Å²) in [6.07, 6.45) is 5.79. The van der Waals surface area contributed by atoms with E-state index in [1.807, 2.05) is 0 Å². The molecule has 0 radical (unpaired) electrons. The molecule has 3 heteroatoms. The van der Waals surface area contributed by atoms with E-state index >= 15 is 0 Å². The fourth-order valence-corrected chi connectivity index (χ4v) is 5.12. The van der Waals surface area contributed by atoms with Crippen LogP contribution in [0.5, 0.6) is 0 Å². The normalized spacial score (nSPS) is 32.1. The molecular formula is C20H28N2O. The summed E-state index contributed by atoms with van der Waals surface area (Å²) < 4.78 is 0. The van der Waals surface area contributed by atoms with Crippen LogP contribution in [0, 0.1) is 5.92 Å². The van der Waals surface area contributed by atoms with Crippen molar-refractivity contribution in [3.05, 3.63) is 29.8 Å². The first-order valence-electron chi connectivity index (χ1n) is 9.07. The molecule has 1 aromatic carbocycles. The molecule has 0 saturated carbocycles. The quantitative estimate of drug-likeness (QED) is 0.833. The third-order valence-electron chi connectivity index (χ3n) is 6.44. The largest absolute Gasteiger partial charge is 0.311 e. The van der Waals surface area contributed by atoms with Crippen LogP contribution in [0.2, 0.25) is 0 Å². The predicted octanol–water partition coefficient (Wildman–Crippen LogP) is 3.57. The van der Waals surface area contributed by atoms with Crippen LogP contribution in [-0.4, -0.2) is 36.5 Å². The second kappa shape index (κ2) is 5.34. The van der Waals surface area contributed by atoms with Crippen LogP contribution in [0.3, 0.4) is 0 Å². The number of hydrogen-bond acceptors (Lipinski definition) is 2. The lowest BCUT2D eigenvalue weighted by Gasteiger charge is -2.36. The van der Waals surface area contributed by atoms with Gasteiger partial charge in [-0.05, 0) is 50.3 Å². The van der Waals surface area contributed by atoms with E-state index in [2.05, 4.69) is 55.0 Å². The predicted molar refractivity (Wildman–Crippen MR) is 93.7 cm³/mol. The van der Waals surface area contributed by atoms with Crippen molar-refractivity contribution in [2.45, 2.75) is 63.5 Å². The molecule has 2 atom stereocenters. The second-order valence-corrected chi connectivity index (χ2v) is 8.47. The van der Waals surface area contributed by atoms with Gasteiger partial charge in [0.25, 0.3) is 0 Å². The number of para-hydroxylation sites is 1. The maximum Gasteiger partial charge on any atom is 0.227 e. The molecule has 2 bridgehead atoms. The third-order valence-corrected chi connectivity index (χ3v) is 6.44. The molecule has 0 aromatic heterocycles. The van der Waals surface area contributed by atoms with Gasteiger partial charge >= 0.3 is 0 Å². The average molecular weight is 312 g/mol. The Labute approximate surface area is 139 Å². The standard InChI is InChI=1S/C20H28N2O/c1-20(2)13-22(18-7-5-4-6-17(18)20)19(23)12-14-10-15-8-9-16(11-14)21(15)3/h4-7,14-16H,8-13H2,1-3H3. The molecule has 2 saturated heterocycles. The number of piperidine rings is 1. The molecule has 0 aliphatic carbocycles. The summed E-state index contributed by atoms with van der Waals surface area (Å²) in [7, 11) is 2.26. The average Bonchev–Trinajstić information content (AvgIpc) is 2.89. The first-order valence-corrected chi connectivity index (χ1v) is 9.07. The van der Waals surface area contributed by atoms with E-state index in [9.17, 15) is 4.79 Å². The van der Waals surface area contributed by atoms with E-state index < -0.39 is 0 Å². The Balaban J connectivity index is 1.49. The van der Waals surface area contributed by atoms with Crippen molar-refractivity contribution in [1.82, 2.24) is 4.90 Å². The maximum absolute atomic E-state index is 13.0. The van der Waals surface area contributed by atoms with Gasteiger partial charge in [0, 0.05) is 36.2 Å². The van der Waals surface area contributed by atoms with Crippen LogP contribution in [0.4, 0.5) is 5.69 Å². The molecule has 1 aromatic rings. The zero-order valence-corrected chi connectivity index (χ0v) is 14.6. The van der Waals surface area contributed by atoms with Crippen molar-refractivity contribution in [2.75, 3.05) is 18.5 Å². The fourth-order valence-electron chi connectivity index (χ4n) is 5.12. The van der Waals surface area contributed by atoms with Crippen LogP contribution in [0.1, 0.15) is 51.5 Å². The maximum atomic E-state index is 13.0. The molecule has 124 valence electrons. The lowest BCUT2D eigenvalue weighted by atomic mass is 9.87. The summed E-state index contributed by atoms with van der Waals surface area (Å²) in [6.45, 7) is 5.31. The van der Waals surface area contributed by atoms with Crippen molar-refractivity contribution in [2.24, 2.45) is 5.92 Å². The van der Waals surface area contributed by atoms with Gasteiger partial charge in [-0.2, -0.15) is 0 Å². The van der Waals surface area contributed by atoms with Gasteiger partial charge in [-0.1, -0.05) is 32.0 Å². The lowest BCUT2D eigenvalue weighted by molar-refractivity contribution is -0.120. The minimum Gasteiger partial charge on any atom is -0.311 e. The SMILES string of the molecule is CN1C2CCC1CC(CC(=O)N1CC(C)(C)c3ccccc31)C2. The van der Waals surface area contributed by atoms with E-state index in [1.165, 1.54) is 31.2 Å². The number of anilines is 1. The Morgan fingerprint density at radius 3 is 2.52 bits per heavy atom.